The molecule has 3 N–H and O–H groups in total. The average Bonchev–Trinajstić information content (AvgIpc) is 3.82. The summed E-state index contributed by atoms with van der Waals surface area (Å²) in [6.45, 7) is 3.53. The molecule has 0 radical (unpaired) electrons. The van der Waals surface area contributed by atoms with Crippen LogP contribution < -0.4 is 19.5 Å². The summed E-state index contributed by atoms with van der Waals surface area (Å²) in [6, 6.07) is 6.00. The summed E-state index contributed by atoms with van der Waals surface area (Å²) in [5.74, 6) is -0.967. The molecule has 2 heterocycles. The first kappa shape index (κ1) is 28.9. The average molecular weight is 591 g/mol. The molecule has 0 bridgehead atoms. The molecule has 4 unspecified atom stereocenters. The van der Waals surface area contributed by atoms with Gasteiger partial charge in [0.05, 0.1) is 19.3 Å². The van der Waals surface area contributed by atoms with Gasteiger partial charge in [-0.3, -0.25) is 14.5 Å². The highest BCUT2D eigenvalue weighted by atomic mass is 32.2. The van der Waals surface area contributed by atoms with Crippen LogP contribution in [0.25, 0.3) is 10.8 Å². The van der Waals surface area contributed by atoms with Gasteiger partial charge in [-0.1, -0.05) is 20.3 Å². The number of carbonyl (C=O) groups is 3. The maximum atomic E-state index is 13.5. The lowest BCUT2D eigenvalue weighted by molar-refractivity contribution is -0.131. The summed E-state index contributed by atoms with van der Waals surface area (Å²) >= 11 is 0. The van der Waals surface area contributed by atoms with E-state index in [1.807, 2.05) is 17.7 Å². The minimum absolute atomic E-state index is 0.0152. The van der Waals surface area contributed by atoms with Crippen LogP contribution in [0.5, 0.6) is 11.6 Å². The number of nitrogens with one attached hydrogen (secondary N) is 2. The Hall–Kier alpha value is -3.65. The Kier molecular flexibility index (Phi) is 7.49. The Morgan fingerprint density at radius 1 is 1.20 bits per heavy atom. The van der Waals surface area contributed by atoms with Crippen molar-refractivity contribution in [1.82, 2.24) is 19.9 Å². The van der Waals surface area contributed by atoms with Crippen molar-refractivity contribution in [2.75, 3.05) is 13.7 Å². The Morgan fingerprint density at radius 2 is 1.95 bits per heavy atom. The van der Waals surface area contributed by atoms with Crippen molar-refractivity contribution in [2.45, 2.75) is 75.7 Å². The summed E-state index contributed by atoms with van der Waals surface area (Å²) in [5, 5.41) is 14.0. The van der Waals surface area contributed by atoms with E-state index in [1.54, 1.807) is 38.4 Å². The molecule has 1 aromatic heterocycles. The van der Waals surface area contributed by atoms with Crippen molar-refractivity contribution in [2.24, 2.45) is 5.92 Å². The Morgan fingerprint density at radius 3 is 2.56 bits per heavy atom. The highest BCUT2D eigenvalue weighted by Gasteiger charge is 2.62. The molecule has 5 rings (SSSR count). The Labute approximate surface area is 237 Å². The smallest absolute Gasteiger partial charge is 0.408 e. The van der Waals surface area contributed by atoms with Crippen molar-refractivity contribution >= 4 is 39.0 Å². The lowest BCUT2D eigenvalue weighted by atomic mass is 10.1. The third-order valence-corrected chi connectivity index (χ3v) is 9.34. The predicted octanol–water partition coefficient (Wildman–Crippen LogP) is 2.35. The lowest BCUT2D eigenvalue weighted by Crippen LogP contribution is -2.56. The number of aromatic nitrogens is 1. The fourth-order valence-corrected chi connectivity index (χ4v) is 6.76. The molecule has 2 saturated carbocycles. The molecule has 0 spiro atoms. The van der Waals surface area contributed by atoms with Crippen LogP contribution in [0, 0.1) is 5.92 Å². The van der Waals surface area contributed by atoms with E-state index in [2.05, 4.69) is 10.3 Å². The van der Waals surface area contributed by atoms with Gasteiger partial charge in [0.1, 0.15) is 23.4 Å². The number of rotatable bonds is 11. The minimum Gasteiger partial charge on any atom is -0.497 e. The number of carboxylic acid groups (broad SMARTS) is 1. The number of ether oxygens (including phenoxy) is 2. The molecule has 14 heteroatoms. The summed E-state index contributed by atoms with van der Waals surface area (Å²) in [4.78, 5) is 44.0. The number of fused-ring (bicyclic) bond motifs is 1. The summed E-state index contributed by atoms with van der Waals surface area (Å²) in [7, 11) is -2.84. The molecule has 13 nitrogen and oxygen atoms in total. The van der Waals surface area contributed by atoms with Gasteiger partial charge in [-0.25, -0.2) is 18.7 Å². The predicted molar refractivity (Wildman–Crippen MR) is 146 cm³/mol. The largest absolute Gasteiger partial charge is 0.497 e. The zero-order chi connectivity index (χ0) is 29.6. The van der Waals surface area contributed by atoms with E-state index < -0.39 is 51.5 Å². The van der Waals surface area contributed by atoms with Crippen molar-refractivity contribution in [3.63, 3.8) is 0 Å². The molecule has 3 fully saturated rings. The minimum atomic E-state index is -4.40. The molecule has 3 amide bonds. The molecule has 1 aliphatic heterocycles. The number of amides is 3. The second kappa shape index (κ2) is 10.6. The number of hydrogen-bond donors (Lipinski definition) is 3. The summed E-state index contributed by atoms with van der Waals surface area (Å²) in [5.41, 5.74) is -2.27. The van der Waals surface area contributed by atoms with E-state index in [1.165, 1.54) is 0 Å². The molecule has 1 aromatic carbocycles. The second-order valence-electron chi connectivity index (χ2n) is 10.9. The van der Waals surface area contributed by atoms with Crippen molar-refractivity contribution < 1.29 is 41.6 Å². The molecule has 41 heavy (non-hydrogen) atoms. The summed E-state index contributed by atoms with van der Waals surface area (Å²) < 4.78 is 43.7. The molecule has 4 atom stereocenters. The highest BCUT2D eigenvalue weighted by Crippen LogP contribution is 2.47. The van der Waals surface area contributed by atoms with Gasteiger partial charge in [0, 0.05) is 18.0 Å². The Balaban J connectivity index is 1.30. The Bertz CT molecular complexity index is 1480. The SMILES string of the molecule is CCC1CC1(NC(=O)C1CC(Oc2nccc3cc(OC)ccc23)CN1C(=O)O)C(=O)NS(=O)(=O)OC1(CC)CC1. The van der Waals surface area contributed by atoms with Gasteiger partial charge in [-0.2, -0.15) is 8.42 Å². The third-order valence-electron chi connectivity index (χ3n) is 8.33. The van der Waals surface area contributed by atoms with Gasteiger partial charge >= 0.3 is 16.4 Å². The molecule has 1 saturated heterocycles. The fourth-order valence-electron chi connectivity index (χ4n) is 5.56. The molecule has 222 valence electrons. The third kappa shape index (κ3) is 5.75. The topological polar surface area (TPSA) is 173 Å². The van der Waals surface area contributed by atoms with Crippen molar-refractivity contribution in [3.05, 3.63) is 30.5 Å². The van der Waals surface area contributed by atoms with Crippen LogP contribution in [-0.2, 0) is 24.1 Å². The molecular weight excluding hydrogens is 556 g/mol. The maximum Gasteiger partial charge on any atom is 0.408 e. The molecular formula is C27H34N4O9S. The summed E-state index contributed by atoms with van der Waals surface area (Å²) in [6.07, 6.45) is 1.94. The fraction of sp³-hybridized carbons (Fsp3) is 0.556. The van der Waals surface area contributed by atoms with Crippen LogP contribution in [0.4, 0.5) is 4.79 Å². The number of likely N-dealkylation sites (tertiary alicyclic amines) is 1. The normalized spacial score (nSPS) is 26.3. The van der Waals surface area contributed by atoms with Gasteiger partial charge in [-0.15, -0.1) is 0 Å². The van der Waals surface area contributed by atoms with Crippen LogP contribution in [0.3, 0.4) is 0 Å². The number of benzene rings is 1. The van der Waals surface area contributed by atoms with Crippen LogP contribution >= 0.6 is 0 Å². The van der Waals surface area contributed by atoms with Crippen LogP contribution in [0.1, 0.15) is 52.4 Å². The number of pyridine rings is 1. The highest BCUT2D eigenvalue weighted by molar-refractivity contribution is 7.85. The number of carbonyl (C=O) groups excluding carboxylic acids is 2. The molecule has 2 aliphatic carbocycles. The van der Waals surface area contributed by atoms with Gasteiger partial charge in [0.15, 0.2) is 0 Å². The lowest BCUT2D eigenvalue weighted by Gasteiger charge is -2.25. The van der Waals surface area contributed by atoms with Gasteiger partial charge in [0.2, 0.25) is 11.8 Å². The van der Waals surface area contributed by atoms with Gasteiger partial charge in [-0.05, 0) is 61.3 Å². The number of nitrogens with zero attached hydrogens (tertiary/aromatic N) is 2. The first-order valence-electron chi connectivity index (χ1n) is 13.6. The van der Waals surface area contributed by atoms with E-state index in [0.29, 0.717) is 36.8 Å². The zero-order valence-corrected chi connectivity index (χ0v) is 23.9. The number of hydrogen-bond acceptors (Lipinski definition) is 9. The quantitative estimate of drug-likeness (QED) is 0.352. The van der Waals surface area contributed by atoms with E-state index >= 15 is 0 Å². The molecule has 2 aromatic rings. The number of methoxy groups -OCH3 is 1. The van der Waals surface area contributed by atoms with E-state index in [4.69, 9.17) is 13.7 Å². The maximum absolute atomic E-state index is 13.5. The van der Waals surface area contributed by atoms with Crippen molar-refractivity contribution in [3.8, 4) is 11.6 Å². The van der Waals surface area contributed by atoms with Crippen LogP contribution in [0.2, 0.25) is 0 Å². The van der Waals surface area contributed by atoms with Gasteiger partial charge in [0.25, 0.3) is 5.91 Å². The monoisotopic (exact) mass is 590 g/mol. The van der Waals surface area contributed by atoms with E-state index in [-0.39, 0.29) is 31.2 Å². The van der Waals surface area contributed by atoms with Gasteiger partial charge < -0.3 is 19.9 Å². The first-order valence-corrected chi connectivity index (χ1v) is 15.0. The molecule has 3 aliphatic rings. The zero-order valence-electron chi connectivity index (χ0n) is 23.1. The standard InChI is InChI=1S/C27H34N4O9S/c1-4-17-14-27(17,24(33)30-41(36,37)40-26(5-2)9-10-26)29-22(32)21-13-19(15-31(21)25(34)35)39-23-20-7-6-18(38-3)12-16(20)8-11-28-23/h6-8,11-12,17,19,21H,4-5,9-10,13-15H2,1-3H3,(H,29,32)(H,30,33)(H,34,35). The second-order valence-corrected chi connectivity index (χ2v) is 12.2. The van der Waals surface area contributed by atoms with E-state index in [0.717, 1.165) is 10.3 Å². The first-order chi connectivity index (χ1) is 19.4. The van der Waals surface area contributed by atoms with Crippen LogP contribution in [-0.4, -0.2) is 78.3 Å². The van der Waals surface area contributed by atoms with Crippen LogP contribution in [0.15, 0.2) is 30.5 Å². The van der Waals surface area contributed by atoms with E-state index in [9.17, 15) is 27.9 Å². The van der Waals surface area contributed by atoms with Crippen molar-refractivity contribution in [1.29, 1.82) is 0 Å².